The van der Waals surface area contributed by atoms with Crippen LogP contribution in [-0.2, 0) is 75.0 Å². The molecule has 8 aliphatic rings. The number of aromatic hydroxyl groups is 3. The second-order valence-corrected chi connectivity index (χ2v) is 37.3. The Kier molecular flexibility index (Phi) is 31.8. The Morgan fingerprint density at radius 3 is 1.89 bits per heavy atom. The van der Waals surface area contributed by atoms with E-state index in [0.717, 1.165) is 78.9 Å². The number of hydrogen-bond donors (Lipinski definition) is 20. The molecule has 8 aliphatic heterocycles. The maximum atomic E-state index is 16.8. The zero-order chi connectivity index (χ0) is 99.4. The molecule has 3 saturated heterocycles. The number of anilines is 1. The lowest BCUT2D eigenvalue weighted by molar-refractivity contribution is -0.334. The average Bonchev–Trinajstić information content (AvgIpc) is 0.762. The fraction of sp³-hybridized carbons (Fsp3) is 0.412. The number of carbonyl (C=O) groups excluding carboxylic acids is 7. The molecule has 736 valence electrons. The first-order valence-corrected chi connectivity index (χ1v) is 46.0. The van der Waals surface area contributed by atoms with Crippen LogP contribution in [0.3, 0.4) is 0 Å². The van der Waals surface area contributed by atoms with Gasteiger partial charge in [-0.3, -0.25) is 33.6 Å². The van der Waals surface area contributed by atoms with E-state index in [4.69, 9.17) is 89.5 Å². The number of thiocarbonyl (C=S) groups is 1. The highest BCUT2D eigenvalue weighted by Crippen LogP contribution is 2.51. The van der Waals surface area contributed by atoms with Crippen LogP contribution >= 0.6 is 35.4 Å². The number of hydrogen-bond acceptors (Lipinski definition) is 29. The first-order valence-electron chi connectivity index (χ1n) is 44.8. The summed E-state index contributed by atoms with van der Waals surface area (Å²) in [7, 11) is 1.54. The van der Waals surface area contributed by atoms with Crippen LogP contribution < -0.4 is 72.9 Å². The van der Waals surface area contributed by atoms with Gasteiger partial charge in [0.1, 0.15) is 107 Å². The van der Waals surface area contributed by atoms with Gasteiger partial charge in [-0.1, -0.05) is 111 Å². The maximum absolute atomic E-state index is 16.8. The van der Waals surface area contributed by atoms with E-state index in [1.807, 2.05) is 68.4 Å². The molecule has 138 heavy (non-hydrogen) atoms. The van der Waals surface area contributed by atoms with Crippen molar-refractivity contribution in [1.82, 2.24) is 42.1 Å². The van der Waals surface area contributed by atoms with E-state index in [-0.39, 0.29) is 59.3 Å². The molecular formula is C97H111Cl2N11O27S. The Labute approximate surface area is 808 Å². The van der Waals surface area contributed by atoms with E-state index >= 15 is 28.8 Å². The first-order chi connectivity index (χ1) is 65.5. The van der Waals surface area contributed by atoms with E-state index in [1.54, 1.807) is 38.1 Å². The summed E-state index contributed by atoms with van der Waals surface area (Å²) >= 11 is 20.8. The smallest absolute Gasteiger partial charge is 0.330 e. The molecule has 8 aromatic carbocycles. The number of likely N-dealkylation sites (N-methyl/N-ethyl adjacent to an activating group) is 1. The van der Waals surface area contributed by atoms with Gasteiger partial charge in [-0.2, -0.15) is 0 Å². The highest BCUT2D eigenvalue weighted by atomic mass is 35.5. The Morgan fingerprint density at radius 1 is 0.652 bits per heavy atom. The number of ether oxygens (including phenoxy) is 9. The number of phenolic OH excluding ortho intramolecular Hbond substituents is 3. The number of aliphatic hydroxyl groups excluding tert-OH is 6. The number of phenols is 3. The summed E-state index contributed by atoms with van der Waals surface area (Å²) in [6.45, 7) is 11.1. The van der Waals surface area contributed by atoms with Crippen molar-refractivity contribution in [3.05, 3.63) is 207 Å². The molecular weight excluding hydrogens is 1850 g/mol. The van der Waals surface area contributed by atoms with Crippen molar-refractivity contribution < 1.29 is 132 Å². The minimum absolute atomic E-state index is 0.0618. The number of nitrogens with zero attached hydrogens (tertiary/aromatic N) is 1. The van der Waals surface area contributed by atoms with Crippen molar-refractivity contribution in [2.45, 2.75) is 233 Å². The highest BCUT2D eigenvalue weighted by molar-refractivity contribution is 7.80. The molecule has 8 heterocycles. The Bertz CT molecular complexity index is 5860. The van der Waals surface area contributed by atoms with Crippen LogP contribution in [0.2, 0.25) is 10.0 Å². The number of carboxylic acid groups (broad SMARTS) is 1. The third-order valence-corrected chi connectivity index (χ3v) is 26.1. The van der Waals surface area contributed by atoms with Gasteiger partial charge in [-0.05, 0) is 189 Å². The van der Waals surface area contributed by atoms with Gasteiger partial charge >= 0.3 is 5.97 Å². The number of benzene rings is 8. The van der Waals surface area contributed by atoms with Crippen molar-refractivity contribution in [3.8, 4) is 68.6 Å². The van der Waals surface area contributed by atoms with Gasteiger partial charge in [0.15, 0.2) is 41.3 Å². The number of primary amides is 1. The summed E-state index contributed by atoms with van der Waals surface area (Å²) in [6, 6.07) is 22.9. The summed E-state index contributed by atoms with van der Waals surface area (Å²) in [6.07, 6.45) is -20.7. The molecule has 8 aromatic rings. The lowest BCUT2D eigenvalue weighted by Gasteiger charge is -2.48. The van der Waals surface area contributed by atoms with Crippen molar-refractivity contribution >= 4 is 93.5 Å². The standard InChI is InChI=1S/C97H111Cl2N11O27S/c1-9-10-14-47-17-24-53(25-18-47)103-95(138)110(8)62(31-44(2)3)88(122)108-77-79(116)50-22-29-65(59(98)33-50)132-67-35-52-36-68(83(67)137-94-84(81(118)80(117)69(43-111)134-94)136-72-41-97(7,86(120)46(5)130-72)102-42-48-19-26-56(27-20-48)131-55-15-12-11-13-16-55)133-66-30-23-51(34-60(66)99)82(135-71-40-96(6,101)85(119)45(4)129-71)78-92(126)107-76(93(127)128)58-37-54(112)38-64(114)73(58)57-32-49(21-28-63(57)113)74(89(123)109-78)106-90(124)75(52)105-87(121)61(39-70(100)115)104-91(77)125/h11-13,15-30,32-38,44-46,61-62,69,71-72,74-82,84-86,94,102,111-114,116-120H,9-10,14,31,39-43,101H2,1-8H3,(H2,100,115)(H,103,138)(H,104,125)(H,105,121)(H,106,124)(H,107,126)(H,108,122)(H,109,123)(H,127,128)/t45-,46-,61-,62+,69+,71-,72-,74+,75+,76-,77+,78-,79+,80+,81-,82+,84+,85-,86-,94-,96-,97-/m0/s1. The summed E-state index contributed by atoms with van der Waals surface area (Å²) in [4.78, 5) is 125. The largest absolute Gasteiger partial charge is 0.508 e. The van der Waals surface area contributed by atoms with Gasteiger partial charge < -0.3 is 153 Å². The number of carbonyl (C=O) groups is 8. The number of carboxylic acids is 1. The molecule has 41 heteroatoms. The second-order valence-electron chi connectivity index (χ2n) is 36.1. The fourth-order valence-electron chi connectivity index (χ4n) is 17.6. The number of para-hydroxylation sites is 1. The molecule has 3 fully saturated rings. The number of unbranched alkanes of at least 4 members (excludes halogenated alkanes) is 1. The number of aliphatic hydroxyl groups is 6. The number of fused-ring (bicyclic) bond motifs is 15. The number of amides is 7. The van der Waals surface area contributed by atoms with Gasteiger partial charge in [0, 0.05) is 66.0 Å². The Morgan fingerprint density at radius 2 is 1.26 bits per heavy atom. The number of rotatable bonds is 24. The molecule has 0 aliphatic carbocycles. The van der Waals surface area contributed by atoms with E-state index in [2.05, 4.69) is 49.5 Å². The third kappa shape index (κ3) is 23.0. The molecule has 11 bridgehead atoms. The van der Waals surface area contributed by atoms with Crippen LogP contribution in [0.1, 0.15) is 156 Å². The monoisotopic (exact) mass is 1960 g/mol. The number of aryl methyl sites for hydroxylation is 1. The number of aliphatic carboxylic acids is 1. The van der Waals surface area contributed by atoms with Crippen molar-refractivity contribution in [2.24, 2.45) is 17.4 Å². The van der Waals surface area contributed by atoms with Crippen molar-refractivity contribution in [3.63, 3.8) is 0 Å². The quantitative estimate of drug-likeness (QED) is 0.0262. The van der Waals surface area contributed by atoms with Crippen LogP contribution in [0.5, 0.6) is 57.5 Å². The number of nitrogens with one attached hydrogen (secondary N) is 8. The molecule has 38 nitrogen and oxygen atoms in total. The normalized spacial score (nSPS) is 27.9. The van der Waals surface area contributed by atoms with Gasteiger partial charge in [-0.15, -0.1) is 0 Å². The van der Waals surface area contributed by atoms with Crippen LogP contribution in [0.15, 0.2) is 158 Å². The van der Waals surface area contributed by atoms with E-state index in [1.165, 1.54) is 56.1 Å². The van der Waals surface area contributed by atoms with Crippen LogP contribution in [0.4, 0.5) is 5.69 Å². The molecule has 0 radical (unpaired) electrons. The van der Waals surface area contributed by atoms with E-state index in [0.29, 0.717) is 17.2 Å². The molecule has 16 rings (SSSR count). The second kappa shape index (κ2) is 43.1. The predicted molar refractivity (Wildman–Crippen MR) is 501 cm³/mol. The summed E-state index contributed by atoms with van der Waals surface area (Å²) in [5.41, 5.74) is 9.41. The minimum Gasteiger partial charge on any atom is -0.508 e. The third-order valence-electron chi connectivity index (χ3n) is 25.1. The predicted octanol–water partition coefficient (Wildman–Crippen LogP) is 7.42. The topological polar surface area (TPSA) is 573 Å². The van der Waals surface area contributed by atoms with Crippen LogP contribution in [-0.4, -0.2) is 225 Å². The van der Waals surface area contributed by atoms with E-state index < -0.39 is 266 Å². The van der Waals surface area contributed by atoms with E-state index in [9.17, 15) is 60.7 Å². The molecule has 0 saturated carbocycles. The summed E-state index contributed by atoms with van der Waals surface area (Å²) in [5.74, 6) is -15.4. The van der Waals surface area contributed by atoms with Gasteiger partial charge in [0.05, 0.1) is 47.5 Å². The SMILES string of the molecule is CCCCc1ccc(NC(=S)N(C)[C@H](CC(C)C)C(=O)N[C@H]2C(=O)N[C@@H](CC(N)=O)C(=O)N[C@H]3C(=O)N[C@H]4C(=O)N[C@H](C(=O)N[C@H](C(=O)O)c5cc(O)cc(O)c5-c5cc4ccc5O)[C@H](O[C@H]4C[C@](C)(N)[C@@H](O)[C@H](C)O4)c4ccc(c(Cl)c4)Oc4cc3cc(c4O[C@@H]3O[C@H](CO)[C@@H](O)[C@H](O)[C@H]3O[C@H]3C[C@](C)(NCc4ccc(Oc5ccccc5)cc4)[C@@H](O)[C@H](C)O3)Oc3ccc(cc3Cl)[C@H]2O)cc1. The van der Waals surface area contributed by atoms with Gasteiger partial charge in [0.2, 0.25) is 53.4 Å². The Balaban J connectivity index is 0.945. The summed E-state index contributed by atoms with van der Waals surface area (Å²) < 4.78 is 59.3. The molecule has 0 unspecified atom stereocenters. The fourth-order valence-corrected chi connectivity index (χ4v) is 18.3. The van der Waals surface area contributed by atoms with Gasteiger partial charge in [0.25, 0.3) is 0 Å². The number of nitrogens with two attached hydrogens (primary N) is 2. The number of halogens is 2. The lowest BCUT2D eigenvalue weighted by atomic mass is 9.84. The molecule has 22 N–H and O–H groups in total. The van der Waals surface area contributed by atoms with Crippen molar-refractivity contribution in [2.75, 3.05) is 19.0 Å². The molecule has 7 amide bonds. The molecule has 0 aromatic heterocycles. The summed E-state index contributed by atoms with van der Waals surface area (Å²) in [5, 5.41) is 139. The zero-order valence-corrected chi connectivity index (χ0v) is 78.5. The Hall–Kier alpha value is -12.1. The van der Waals surface area contributed by atoms with Crippen LogP contribution in [0, 0.1) is 5.92 Å². The lowest BCUT2D eigenvalue weighted by Crippen LogP contribution is -2.65. The maximum Gasteiger partial charge on any atom is 0.330 e. The van der Waals surface area contributed by atoms with Crippen molar-refractivity contribution in [1.29, 1.82) is 0 Å². The molecule has 22 atom stereocenters. The average molecular weight is 1970 g/mol. The van der Waals surface area contributed by atoms with Crippen LogP contribution in [0.25, 0.3) is 11.1 Å². The molecule has 0 spiro atoms. The first kappa shape index (κ1) is 102. The zero-order valence-electron chi connectivity index (χ0n) is 76.2. The minimum atomic E-state index is -2.43. The van der Waals surface area contributed by atoms with Gasteiger partial charge in [-0.25, -0.2) is 4.79 Å². The highest BCUT2D eigenvalue weighted by Gasteiger charge is 2.53.